The van der Waals surface area contributed by atoms with Gasteiger partial charge in [-0.25, -0.2) is 0 Å². The molecule has 0 aliphatic heterocycles. The Balaban J connectivity index is 1.96. The van der Waals surface area contributed by atoms with Gasteiger partial charge in [0.15, 0.2) is 11.4 Å². The van der Waals surface area contributed by atoms with Gasteiger partial charge in [-0.05, 0) is 77.4 Å². The van der Waals surface area contributed by atoms with E-state index in [1.54, 1.807) is 11.9 Å². The molecule has 0 radical (unpaired) electrons. The van der Waals surface area contributed by atoms with Crippen molar-refractivity contribution >= 4 is 17.5 Å². The van der Waals surface area contributed by atoms with Gasteiger partial charge in [-0.15, -0.1) is 0 Å². The van der Waals surface area contributed by atoms with Crippen LogP contribution in [0.4, 0.5) is 13.2 Å². The Morgan fingerprint density at radius 3 is 2.24 bits per heavy atom. The third kappa shape index (κ3) is 4.49. The van der Waals surface area contributed by atoms with Gasteiger partial charge in [0.25, 0.3) is 5.91 Å². The minimum absolute atomic E-state index is 0.183. The lowest BCUT2D eigenvalue weighted by Gasteiger charge is -2.50. The van der Waals surface area contributed by atoms with E-state index in [-0.39, 0.29) is 18.5 Å². The molecule has 13 heteroatoms. The first-order valence-corrected chi connectivity index (χ1v) is 13.5. The van der Waals surface area contributed by atoms with Crippen LogP contribution in [-0.4, -0.2) is 86.0 Å². The number of carbonyl (C=O) groups excluding carboxylic acids is 3. The second kappa shape index (κ2) is 10.1. The van der Waals surface area contributed by atoms with Gasteiger partial charge in [0.05, 0.1) is 17.2 Å². The second-order valence-electron chi connectivity index (χ2n) is 12.3. The van der Waals surface area contributed by atoms with Crippen LogP contribution < -0.4 is 5.73 Å². The van der Waals surface area contributed by atoms with Crippen molar-refractivity contribution in [1.82, 2.24) is 9.80 Å². The summed E-state index contributed by atoms with van der Waals surface area (Å²) in [5.74, 6) is -9.04. The number of amides is 1. The molecule has 1 aromatic rings. The van der Waals surface area contributed by atoms with Crippen LogP contribution in [0.2, 0.25) is 0 Å². The number of primary amides is 1. The largest absolute Gasteiger partial charge is 0.510 e. The Morgan fingerprint density at radius 1 is 1.14 bits per heavy atom. The molecule has 42 heavy (non-hydrogen) atoms. The monoisotopic (exact) mass is 595 g/mol. The molecule has 1 aromatic carbocycles. The molecular weight excluding hydrogens is 559 g/mol. The number of nitrogens with zero attached hydrogens (tertiary/aromatic N) is 2. The molecule has 0 unspecified atom stereocenters. The molecule has 0 aromatic heterocycles. The number of phenolic OH excluding ortho intramolecular Hbond substituents is 1. The molecule has 1 amide bonds. The summed E-state index contributed by atoms with van der Waals surface area (Å²) in [6.07, 6.45) is -5.04. The van der Waals surface area contributed by atoms with Crippen LogP contribution in [0.15, 0.2) is 28.7 Å². The Bertz CT molecular complexity index is 1450. The third-order valence-electron chi connectivity index (χ3n) is 9.40. The predicted molar refractivity (Wildman–Crippen MR) is 145 cm³/mol. The van der Waals surface area contributed by atoms with Gasteiger partial charge in [0.2, 0.25) is 5.78 Å². The molecule has 0 spiro atoms. The number of alkyl halides is 3. The number of carbonyl (C=O) groups is 3. The van der Waals surface area contributed by atoms with Crippen molar-refractivity contribution < 1.29 is 48.0 Å². The van der Waals surface area contributed by atoms with Crippen molar-refractivity contribution in [1.29, 1.82) is 0 Å². The van der Waals surface area contributed by atoms with Gasteiger partial charge < -0.3 is 26.2 Å². The van der Waals surface area contributed by atoms with Crippen molar-refractivity contribution in [2.75, 3.05) is 21.1 Å². The summed E-state index contributed by atoms with van der Waals surface area (Å²) in [5.41, 5.74) is -1.95. The summed E-state index contributed by atoms with van der Waals surface area (Å²) in [7, 11) is 4.59. The van der Waals surface area contributed by atoms with E-state index in [1.165, 1.54) is 19.0 Å². The lowest BCUT2D eigenvalue weighted by Crippen LogP contribution is -2.63. The maximum atomic E-state index is 14.7. The molecule has 6 N–H and O–H groups in total. The third-order valence-corrected chi connectivity index (χ3v) is 9.40. The highest BCUT2D eigenvalue weighted by molar-refractivity contribution is 6.24. The van der Waals surface area contributed by atoms with Gasteiger partial charge >= 0.3 is 6.18 Å². The second-order valence-corrected chi connectivity index (χ2v) is 12.3. The highest BCUT2D eigenvalue weighted by Crippen LogP contribution is 2.54. The summed E-state index contributed by atoms with van der Waals surface area (Å²) in [6.45, 7) is 5.44. The van der Waals surface area contributed by atoms with Gasteiger partial charge in [0.1, 0.15) is 22.8 Å². The molecule has 4 atom stereocenters. The normalized spacial score (nSPS) is 26.5. The zero-order valence-electron chi connectivity index (χ0n) is 24.3. The molecule has 3 aliphatic carbocycles. The van der Waals surface area contributed by atoms with E-state index in [0.717, 1.165) is 6.07 Å². The van der Waals surface area contributed by atoms with E-state index in [1.807, 2.05) is 20.8 Å². The molecule has 3 aliphatic rings. The number of aliphatic hydroxyl groups excluding tert-OH is 2. The van der Waals surface area contributed by atoms with Gasteiger partial charge in [-0.3, -0.25) is 24.2 Å². The van der Waals surface area contributed by atoms with E-state index in [4.69, 9.17) is 5.73 Å². The number of hydrogen-bond donors (Lipinski definition) is 5. The fraction of sp³-hybridized carbons (Fsp3) is 0.552. The van der Waals surface area contributed by atoms with E-state index in [2.05, 4.69) is 0 Å². The number of halogens is 3. The summed E-state index contributed by atoms with van der Waals surface area (Å²) < 4.78 is 44.1. The predicted octanol–water partition coefficient (Wildman–Crippen LogP) is 2.76. The highest BCUT2D eigenvalue weighted by Gasteiger charge is 2.63. The number of fused-ring (bicyclic) bond motifs is 3. The van der Waals surface area contributed by atoms with Gasteiger partial charge in [-0.1, -0.05) is 6.92 Å². The standard InChI is InChI=1S/C29H36F3N3O7/c1-7-27(2,3)35(6)11-13-10-16(36)18-14(20(13)29(30,31)32)8-12-9-15-21(34(4)5)23(38)19(26(33)41)25(40)28(15,42)24(39)17(12)22(18)37/h10,12,15,21,36,38-39,42H,7-9,11H2,1-6H3,(H2,33,41)/t12-,15-,21-,28-/m0/s1. The van der Waals surface area contributed by atoms with Crippen LogP contribution in [0.5, 0.6) is 5.75 Å². The number of Topliss-reactive ketones (excluding diaryl/α,β-unsaturated/α-hetero) is 2. The Labute approximate surface area is 240 Å². The smallest absolute Gasteiger partial charge is 0.417 e. The van der Waals surface area contributed by atoms with E-state index >= 15 is 0 Å². The van der Waals surface area contributed by atoms with Crippen LogP contribution in [-0.2, 0) is 28.7 Å². The molecule has 0 heterocycles. The number of ketones is 2. The SMILES string of the molecule is CCC(C)(C)N(C)Cc1cc(O)c2c(c1C(F)(F)F)C[C@H]1C[C@H]3[C@H](N(C)C)C(O)=C(C(N)=O)C(=O)[C@@]3(O)C(O)=C1C2=O. The molecule has 0 fully saturated rings. The van der Waals surface area contributed by atoms with Gasteiger partial charge in [-0.2, -0.15) is 13.2 Å². The fourth-order valence-corrected chi connectivity index (χ4v) is 6.61. The lowest BCUT2D eigenvalue weighted by atomic mass is 9.58. The molecule has 0 saturated carbocycles. The number of phenols is 1. The van der Waals surface area contributed by atoms with Crippen LogP contribution in [0.1, 0.15) is 60.7 Å². The number of aliphatic hydroxyl groups is 3. The number of allylic oxidation sites excluding steroid dienone is 1. The number of benzene rings is 1. The highest BCUT2D eigenvalue weighted by atomic mass is 19.4. The first-order valence-electron chi connectivity index (χ1n) is 13.5. The van der Waals surface area contributed by atoms with Gasteiger partial charge in [0, 0.05) is 23.6 Å². The summed E-state index contributed by atoms with van der Waals surface area (Å²) in [5, 5.41) is 44.7. The van der Waals surface area contributed by atoms with E-state index in [9.17, 15) is 48.0 Å². The summed E-state index contributed by atoms with van der Waals surface area (Å²) in [4.78, 5) is 42.3. The van der Waals surface area contributed by atoms with Crippen molar-refractivity contribution in [3.63, 3.8) is 0 Å². The number of likely N-dealkylation sites (N-methyl/N-ethyl adjacent to an activating group) is 1. The molecule has 230 valence electrons. The number of nitrogens with two attached hydrogens (primary N) is 1. The van der Waals surface area contributed by atoms with E-state index < -0.39 is 104 Å². The average Bonchev–Trinajstić information content (AvgIpc) is 2.84. The zero-order valence-corrected chi connectivity index (χ0v) is 24.3. The minimum Gasteiger partial charge on any atom is -0.510 e. The molecule has 0 saturated heterocycles. The zero-order chi connectivity index (χ0) is 31.9. The Morgan fingerprint density at radius 2 is 1.74 bits per heavy atom. The first kappa shape index (κ1) is 31.5. The molecular formula is C29H36F3N3O7. The quantitative estimate of drug-likeness (QED) is 0.311. The molecule has 10 nitrogen and oxygen atoms in total. The number of hydrogen-bond acceptors (Lipinski definition) is 9. The van der Waals surface area contributed by atoms with Crippen molar-refractivity contribution in [2.24, 2.45) is 17.6 Å². The molecule has 4 rings (SSSR count). The maximum absolute atomic E-state index is 14.7. The molecule has 0 bridgehead atoms. The van der Waals surface area contributed by atoms with Crippen molar-refractivity contribution in [3.05, 3.63) is 51.0 Å². The van der Waals surface area contributed by atoms with E-state index in [0.29, 0.717) is 6.42 Å². The Kier molecular flexibility index (Phi) is 7.57. The summed E-state index contributed by atoms with van der Waals surface area (Å²) in [6, 6.07) is -0.359. The lowest BCUT2D eigenvalue weighted by molar-refractivity contribution is -0.148. The van der Waals surface area contributed by atoms with Crippen LogP contribution in [0.3, 0.4) is 0 Å². The summed E-state index contributed by atoms with van der Waals surface area (Å²) >= 11 is 0. The topological polar surface area (TPSA) is 165 Å². The minimum atomic E-state index is -4.91. The van der Waals surface area contributed by atoms with Crippen LogP contribution in [0, 0.1) is 11.8 Å². The van der Waals surface area contributed by atoms with Crippen LogP contribution in [0.25, 0.3) is 0 Å². The maximum Gasteiger partial charge on any atom is 0.417 e. The Hall–Kier alpha value is -3.42. The number of aromatic hydroxyl groups is 1. The average molecular weight is 596 g/mol. The van der Waals surface area contributed by atoms with Crippen LogP contribution >= 0.6 is 0 Å². The first-order chi connectivity index (χ1) is 19.2. The van der Waals surface area contributed by atoms with Crippen molar-refractivity contribution in [3.8, 4) is 5.75 Å². The number of rotatable bonds is 6. The fourth-order valence-electron chi connectivity index (χ4n) is 6.61. The van der Waals surface area contributed by atoms with Crippen molar-refractivity contribution in [2.45, 2.75) is 69.9 Å².